The molecule has 0 radical (unpaired) electrons. The Bertz CT molecular complexity index is 1250. The molecule has 0 N–H and O–H groups in total. The lowest BCUT2D eigenvalue weighted by Crippen LogP contribution is -2.57. The molecule has 10 heteroatoms. The summed E-state index contributed by atoms with van der Waals surface area (Å²) in [6.45, 7) is 4.15. The number of piperidine rings is 2. The van der Waals surface area contributed by atoms with Crippen LogP contribution in [0, 0.1) is 5.41 Å². The average Bonchev–Trinajstić information content (AvgIpc) is 3.45. The van der Waals surface area contributed by atoms with Crippen molar-refractivity contribution in [2.75, 3.05) is 32.8 Å². The maximum absolute atomic E-state index is 14.2. The maximum Gasteiger partial charge on any atom is 0.416 e. The van der Waals surface area contributed by atoms with Crippen LogP contribution >= 0.6 is 0 Å². The highest BCUT2D eigenvalue weighted by atomic mass is 19.4. The second kappa shape index (κ2) is 11.4. The number of ether oxygens (including phenoxy) is 1. The summed E-state index contributed by atoms with van der Waals surface area (Å²) in [7, 11) is 0. The van der Waals surface area contributed by atoms with E-state index in [9.17, 15) is 31.1 Å². The lowest BCUT2D eigenvalue weighted by atomic mass is 9.71. The number of hydrogen-bond acceptors (Lipinski definition) is 3. The van der Waals surface area contributed by atoms with Gasteiger partial charge in [-0.05, 0) is 106 Å². The van der Waals surface area contributed by atoms with E-state index < -0.39 is 34.9 Å². The first-order chi connectivity index (χ1) is 20.4. The van der Waals surface area contributed by atoms with Crippen molar-refractivity contribution in [1.29, 1.82) is 0 Å². The van der Waals surface area contributed by atoms with E-state index in [0.717, 1.165) is 76.1 Å². The zero-order valence-electron chi connectivity index (χ0n) is 24.2. The number of nitrogens with zero attached hydrogens (tertiary/aromatic N) is 2. The van der Waals surface area contributed by atoms with Crippen LogP contribution in [0.3, 0.4) is 0 Å². The van der Waals surface area contributed by atoms with E-state index in [-0.39, 0.29) is 24.0 Å². The topological polar surface area (TPSA) is 32.8 Å². The van der Waals surface area contributed by atoms with Crippen LogP contribution in [-0.4, -0.2) is 54.6 Å². The lowest BCUT2D eigenvalue weighted by molar-refractivity contribution is -0.147. The molecule has 1 aliphatic carbocycles. The first kappa shape index (κ1) is 30.4. The second-order valence-electron chi connectivity index (χ2n) is 13.0. The number of carbonyl (C=O) groups is 1. The molecule has 4 fully saturated rings. The summed E-state index contributed by atoms with van der Waals surface area (Å²) >= 11 is 0. The van der Waals surface area contributed by atoms with Crippen LogP contribution in [0.4, 0.5) is 26.3 Å². The highest BCUT2D eigenvalue weighted by Crippen LogP contribution is 2.49. The largest absolute Gasteiger partial charge is 0.416 e. The molecule has 234 valence electrons. The SMILES string of the molecule is O=C1C(c2cc(C(F)(F)F)cc(C(F)(F)F)c2)CCCN1C1(c2ccccc2)CCC(N2CCC3(CCOC3)CC2)CC1. The smallest absolute Gasteiger partial charge is 0.381 e. The van der Waals surface area contributed by atoms with E-state index in [4.69, 9.17) is 4.74 Å². The summed E-state index contributed by atoms with van der Waals surface area (Å²) in [6.07, 6.45) is -2.72. The minimum Gasteiger partial charge on any atom is -0.381 e. The van der Waals surface area contributed by atoms with Gasteiger partial charge in [-0.2, -0.15) is 26.3 Å². The highest BCUT2D eigenvalue weighted by Gasteiger charge is 2.49. The van der Waals surface area contributed by atoms with E-state index in [2.05, 4.69) is 4.90 Å². The van der Waals surface area contributed by atoms with Crippen LogP contribution in [0.15, 0.2) is 48.5 Å². The molecule has 6 rings (SSSR count). The van der Waals surface area contributed by atoms with Crippen LogP contribution in [0.5, 0.6) is 0 Å². The van der Waals surface area contributed by atoms with Crippen molar-refractivity contribution in [3.05, 3.63) is 70.8 Å². The fourth-order valence-electron chi connectivity index (χ4n) is 8.11. The zero-order chi connectivity index (χ0) is 30.5. The normalized spacial score (nSPS) is 28.9. The Morgan fingerprint density at radius 1 is 0.767 bits per heavy atom. The van der Waals surface area contributed by atoms with E-state index in [1.54, 1.807) is 4.90 Å². The third-order valence-electron chi connectivity index (χ3n) is 10.6. The monoisotopic (exact) mass is 608 g/mol. The number of halogens is 6. The van der Waals surface area contributed by atoms with E-state index >= 15 is 0 Å². The van der Waals surface area contributed by atoms with Gasteiger partial charge in [0.2, 0.25) is 5.91 Å². The molecular formula is C33H38F6N2O2. The van der Waals surface area contributed by atoms with Gasteiger partial charge in [-0.1, -0.05) is 30.3 Å². The molecule has 2 aromatic rings. The number of amides is 1. The van der Waals surface area contributed by atoms with Crippen molar-refractivity contribution in [2.24, 2.45) is 5.41 Å². The van der Waals surface area contributed by atoms with Gasteiger partial charge in [-0.15, -0.1) is 0 Å². The molecule has 1 saturated carbocycles. The lowest BCUT2D eigenvalue weighted by Gasteiger charge is -2.53. The van der Waals surface area contributed by atoms with Crippen LogP contribution in [0.2, 0.25) is 0 Å². The fraction of sp³-hybridized carbons (Fsp3) is 0.606. The Balaban J connectivity index is 1.26. The molecule has 3 heterocycles. The van der Waals surface area contributed by atoms with Crippen LogP contribution in [0.1, 0.15) is 86.0 Å². The molecule has 1 amide bonds. The predicted molar refractivity (Wildman–Crippen MR) is 149 cm³/mol. The zero-order valence-corrected chi connectivity index (χ0v) is 24.2. The molecule has 1 spiro atoms. The Morgan fingerprint density at radius 2 is 1.40 bits per heavy atom. The van der Waals surface area contributed by atoms with Gasteiger partial charge in [0.1, 0.15) is 0 Å². The molecule has 4 nitrogen and oxygen atoms in total. The molecule has 1 atom stereocenters. The van der Waals surface area contributed by atoms with Gasteiger partial charge in [0.25, 0.3) is 0 Å². The number of carbonyl (C=O) groups excluding carboxylic acids is 1. The van der Waals surface area contributed by atoms with Crippen molar-refractivity contribution in [3.8, 4) is 0 Å². The summed E-state index contributed by atoms with van der Waals surface area (Å²) in [6, 6.07) is 11.7. The van der Waals surface area contributed by atoms with Gasteiger partial charge in [0.15, 0.2) is 0 Å². The third kappa shape index (κ3) is 5.93. The van der Waals surface area contributed by atoms with Crippen LogP contribution in [-0.2, 0) is 27.4 Å². The molecule has 2 aromatic carbocycles. The Labute approximate surface area is 248 Å². The first-order valence-corrected chi connectivity index (χ1v) is 15.4. The molecule has 3 aliphatic heterocycles. The number of hydrogen-bond donors (Lipinski definition) is 0. The molecule has 3 saturated heterocycles. The number of alkyl halides is 6. The predicted octanol–water partition coefficient (Wildman–Crippen LogP) is 7.77. The van der Waals surface area contributed by atoms with Crippen molar-refractivity contribution in [1.82, 2.24) is 9.80 Å². The summed E-state index contributed by atoms with van der Waals surface area (Å²) < 4.78 is 87.6. The Morgan fingerprint density at radius 3 is 1.95 bits per heavy atom. The number of rotatable bonds is 4. The van der Waals surface area contributed by atoms with Gasteiger partial charge in [0, 0.05) is 19.2 Å². The average molecular weight is 609 g/mol. The number of likely N-dealkylation sites (tertiary alicyclic amines) is 2. The number of benzene rings is 2. The van der Waals surface area contributed by atoms with Crippen molar-refractivity contribution >= 4 is 5.91 Å². The summed E-state index contributed by atoms with van der Waals surface area (Å²) in [5, 5.41) is 0. The molecule has 4 aliphatic rings. The summed E-state index contributed by atoms with van der Waals surface area (Å²) in [4.78, 5) is 18.6. The van der Waals surface area contributed by atoms with E-state index in [0.29, 0.717) is 37.3 Å². The van der Waals surface area contributed by atoms with Crippen molar-refractivity contribution in [3.63, 3.8) is 0 Å². The Hall–Kier alpha value is -2.59. The van der Waals surface area contributed by atoms with Crippen molar-refractivity contribution < 1.29 is 35.9 Å². The van der Waals surface area contributed by atoms with E-state index in [1.807, 2.05) is 30.3 Å². The standard InChI is InChI=1S/C33H38F6N2O2/c34-32(35,36)25-19-23(20-26(21-25)33(37,38)39)28-7-4-15-41(29(28)42)31(24-5-2-1-3-6-24)10-8-27(9-11-31)40-16-12-30(13-17-40)14-18-43-22-30/h1-3,5-6,19-21,27-28H,4,7-18,22H2. The molecule has 1 unspecified atom stereocenters. The molecule has 43 heavy (non-hydrogen) atoms. The highest BCUT2D eigenvalue weighted by molar-refractivity contribution is 5.85. The fourth-order valence-corrected chi connectivity index (χ4v) is 8.11. The van der Waals surface area contributed by atoms with E-state index in [1.165, 1.54) is 0 Å². The van der Waals surface area contributed by atoms with Gasteiger partial charge < -0.3 is 14.5 Å². The van der Waals surface area contributed by atoms with Crippen LogP contribution < -0.4 is 0 Å². The van der Waals surface area contributed by atoms with Crippen LogP contribution in [0.25, 0.3) is 0 Å². The Kier molecular flexibility index (Phi) is 8.07. The molecular weight excluding hydrogens is 570 g/mol. The minimum atomic E-state index is -4.96. The maximum atomic E-state index is 14.2. The summed E-state index contributed by atoms with van der Waals surface area (Å²) in [5.74, 6) is -1.45. The second-order valence-corrected chi connectivity index (χ2v) is 13.0. The molecule has 0 bridgehead atoms. The minimum absolute atomic E-state index is 0.128. The van der Waals surface area contributed by atoms with Gasteiger partial charge in [0.05, 0.1) is 29.2 Å². The third-order valence-corrected chi connectivity index (χ3v) is 10.6. The van der Waals surface area contributed by atoms with Crippen molar-refractivity contribution in [2.45, 2.75) is 87.6 Å². The summed E-state index contributed by atoms with van der Waals surface area (Å²) in [5.41, 5.74) is -2.35. The van der Waals surface area contributed by atoms with Gasteiger partial charge in [-0.3, -0.25) is 4.79 Å². The first-order valence-electron chi connectivity index (χ1n) is 15.4. The van der Waals surface area contributed by atoms with Gasteiger partial charge >= 0.3 is 12.4 Å². The van der Waals surface area contributed by atoms with Gasteiger partial charge in [-0.25, -0.2) is 0 Å². The quantitative estimate of drug-likeness (QED) is 0.333. The molecule has 0 aromatic heterocycles.